The van der Waals surface area contributed by atoms with Crippen LogP contribution in [0, 0.1) is 0 Å². The van der Waals surface area contributed by atoms with Gasteiger partial charge in [0.1, 0.15) is 0 Å². The SMILES string of the molecule is COC(C)=C(C)C(=O)[O-]. The second-order valence-electron chi connectivity index (χ2n) is 1.67. The van der Waals surface area contributed by atoms with E-state index in [1.54, 1.807) is 6.92 Å². The van der Waals surface area contributed by atoms with Gasteiger partial charge in [-0.3, -0.25) is 0 Å². The Labute approximate surface area is 53.9 Å². The summed E-state index contributed by atoms with van der Waals surface area (Å²) in [7, 11) is 1.42. The smallest absolute Gasteiger partial charge is 0.0971 e. The van der Waals surface area contributed by atoms with Crippen molar-refractivity contribution in [3.8, 4) is 0 Å². The number of allylic oxidation sites excluding steroid dienone is 1. The van der Waals surface area contributed by atoms with Crippen LogP contribution in [0.2, 0.25) is 0 Å². The second-order valence-corrected chi connectivity index (χ2v) is 1.67. The molecule has 0 amide bonds. The first-order valence-electron chi connectivity index (χ1n) is 2.52. The summed E-state index contributed by atoms with van der Waals surface area (Å²) in [6.45, 7) is 3.01. The van der Waals surface area contributed by atoms with Gasteiger partial charge in [-0.25, -0.2) is 0 Å². The van der Waals surface area contributed by atoms with E-state index in [0.717, 1.165) is 0 Å². The molecule has 52 valence electrons. The van der Waals surface area contributed by atoms with E-state index in [0.29, 0.717) is 5.76 Å². The summed E-state index contributed by atoms with van der Waals surface area (Å²) >= 11 is 0. The molecule has 0 radical (unpaired) electrons. The van der Waals surface area contributed by atoms with Crippen molar-refractivity contribution >= 4 is 5.97 Å². The number of methoxy groups -OCH3 is 1. The van der Waals surface area contributed by atoms with Gasteiger partial charge in [0.15, 0.2) is 0 Å². The van der Waals surface area contributed by atoms with E-state index >= 15 is 0 Å². The molecule has 0 atom stereocenters. The summed E-state index contributed by atoms with van der Waals surface area (Å²) < 4.78 is 4.63. The predicted molar refractivity (Wildman–Crippen MR) is 30.4 cm³/mol. The van der Waals surface area contributed by atoms with Crippen LogP contribution < -0.4 is 5.11 Å². The number of carboxylic acids is 1. The average molecular weight is 129 g/mol. The monoisotopic (exact) mass is 129 g/mol. The minimum absolute atomic E-state index is 0.137. The van der Waals surface area contributed by atoms with Gasteiger partial charge in [0.2, 0.25) is 0 Å². The minimum atomic E-state index is -1.19. The maximum atomic E-state index is 10.1. The highest BCUT2D eigenvalue weighted by Crippen LogP contribution is 2.00. The van der Waals surface area contributed by atoms with Gasteiger partial charge >= 0.3 is 0 Å². The first kappa shape index (κ1) is 8.01. The fourth-order valence-electron chi connectivity index (χ4n) is 0.297. The topological polar surface area (TPSA) is 49.4 Å². The van der Waals surface area contributed by atoms with Crippen LogP contribution in [0.1, 0.15) is 13.8 Å². The van der Waals surface area contributed by atoms with E-state index in [9.17, 15) is 9.90 Å². The van der Waals surface area contributed by atoms with E-state index in [2.05, 4.69) is 4.74 Å². The number of aliphatic carboxylic acids is 1. The number of carbonyl (C=O) groups excluding carboxylic acids is 1. The summed E-state index contributed by atoms with van der Waals surface area (Å²) in [5, 5.41) is 10.1. The van der Waals surface area contributed by atoms with Gasteiger partial charge in [-0.2, -0.15) is 0 Å². The summed E-state index contributed by atoms with van der Waals surface area (Å²) in [4.78, 5) is 10.1. The lowest BCUT2D eigenvalue weighted by Crippen LogP contribution is -2.24. The molecular weight excluding hydrogens is 120 g/mol. The number of rotatable bonds is 2. The molecule has 0 unspecified atom stereocenters. The molecule has 0 aliphatic rings. The van der Waals surface area contributed by atoms with Crippen molar-refractivity contribution in [3.05, 3.63) is 11.3 Å². The van der Waals surface area contributed by atoms with Crippen molar-refractivity contribution in [3.63, 3.8) is 0 Å². The van der Waals surface area contributed by atoms with E-state index in [1.807, 2.05) is 0 Å². The van der Waals surface area contributed by atoms with Crippen LogP contribution in [0.25, 0.3) is 0 Å². The van der Waals surface area contributed by atoms with Gasteiger partial charge in [0.05, 0.1) is 18.8 Å². The van der Waals surface area contributed by atoms with Gasteiger partial charge in [-0.15, -0.1) is 0 Å². The Kier molecular flexibility index (Phi) is 2.78. The minimum Gasteiger partial charge on any atom is -0.545 e. The van der Waals surface area contributed by atoms with Gasteiger partial charge in [-0.05, 0) is 13.8 Å². The Balaban J connectivity index is 4.28. The van der Waals surface area contributed by atoms with Gasteiger partial charge in [0.25, 0.3) is 0 Å². The fraction of sp³-hybridized carbons (Fsp3) is 0.500. The Bertz CT molecular complexity index is 146. The largest absolute Gasteiger partial charge is 0.545 e. The predicted octanol–water partition coefficient (Wildman–Crippen LogP) is -0.323. The first-order chi connectivity index (χ1) is 4.09. The molecule has 0 aromatic heterocycles. The Hall–Kier alpha value is -0.990. The van der Waals surface area contributed by atoms with E-state index in [1.165, 1.54) is 14.0 Å². The standard InChI is InChI=1S/C6H10O3/c1-4(6(7)8)5(2)9-3/h1-3H3,(H,7,8)/p-1. The number of hydrogen-bond donors (Lipinski definition) is 0. The van der Waals surface area contributed by atoms with Crippen molar-refractivity contribution in [2.45, 2.75) is 13.8 Å². The molecule has 0 aliphatic heterocycles. The molecule has 0 aromatic rings. The van der Waals surface area contributed by atoms with E-state index < -0.39 is 5.97 Å². The van der Waals surface area contributed by atoms with Crippen LogP contribution in [-0.2, 0) is 9.53 Å². The molecular formula is C6H9O3-. The van der Waals surface area contributed by atoms with Crippen LogP contribution >= 0.6 is 0 Å². The molecule has 9 heavy (non-hydrogen) atoms. The highest BCUT2D eigenvalue weighted by Gasteiger charge is 1.94. The third kappa shape index (κ3) is 2.17. The summed E-state index contributed by atoms with van der Waals surface area (Å²) in [5.74, 6) is -0.802. The highest BCUT2D eigenvalue weighted by molar-refractivity contribution is 5.84. The van der Waals surface area contributed by atoms with Crippen molar-refractivity contribution in [2.24, 2.45) is 0 Å². The zero-order chi connectivity index (χ0) is 7.44. The van der Waals surface area contributed by atoms with Gasteiger partial charge in [-0.1, -0.05) is 0 Å². The van der Waals surface area contributed by atoms with Crippen LogP contribution in [0.3, 0.4) is 0 Å². The summed E-state index contributed by atoms with van der Waals surface area (Å²) in [5.41, 5.74) is 0.137. The molecule has 0 fully saturated rings. The van der Waals surface area contributed by atoms with Crippen molar-refractivity contribution < 1.29 is 14.6 Å². The molecule has 0 N–H and O–H groups in total. The normalized spacial score (nSPS) is 12.3. The highest BCUT2D eigenvalue weighted by atomic mass is 16.5. The molecule has 0 saturated carbocycles. The maximum absolute atomic E-state index is 10.1. The molecule has 0 heterocycles. The Morgan fingerprint density at radius 1 is 1.44 bits per heavy atom. The van der Waals surface area contributed by atoms with E-state index in [-0.39, 0.29) is 5.57 Å². The molecule has 3 nitrogen and oxygen atoms in total. The number of hydrogen-bond acceptors (Lipinski definition) is 3. The molecule has 0 saturated heterocycles. The zero-order valence-corrected chi connectivity index (χ0v) is 5.72. The molecule has 0 rings (SSSR count). The average Bonchev–Trinajstić information content (AvgIpc) is 1.84. The summed E-state index contributed by atoms with van der Waals surface area (Å²) in [6.07, 6.45) is 0. The zero-order valence-electron chi connectivity index (χ0n) is 5.72. The fourth-order valence-corrected chi connectivity index (χ4v) is 0.297. The lowest BCUT2D eigenvalue weighted by Gasteiger charge is -2.05. The third-order valence-electron chi connectivity index (χ3n) is 1.14. The molecule has 0 aromatic carbocycles. The number of carbonyl (C=O) groups is 1. The van der Waals surface area contributed by atoms with Crippen LogP contribution in [0.15, 0.2) is 11.3 Å². The van der Waals surface area contributed by atoms with Crippen LogP contribution in [-0.4, -0.2) is 13.1 Å². The van der Waals surface area contributed by atoms with Crippen LogP contribution in [0.5, 0.6) is 0 Å². The summed E-state index contributed by atoms with van der Waals surface area (Å²) in [6, 6.07) is 0. The number of ether oxygens (including phenoxy) is 1. The van der Waals surface area contributed by atoms with Crippen molar-refractivity contribution in [2.75, 3.05) is 7.11 Å². The van der Waals surface area contributed by atoms with Crippen molar-refractivity contribution in [1.82, 2.24) is 0 Å². The number of carboxylic acid groups (broad SMARTS) is 1. The first-order valence-corrected chi connectivity index (χ1v) is 2.52. The van der Waals surface area contributed by atoms with Crippen LogP contribution in [0.4, 0.5) is 0 Å². The molecule has 0 aliphatic carbocycles. The van der Waals surface area contributed by atoms with Gasteiger partial charge in [0, 0.05) is 5.57 Å². The Morgan fingerprint density at radius 3 is 2.00 bits per heavy atom. The molecule has 3 heteroatoms. The van der Waals surface area contributed by atoms with E-state index in [4.69, 9.17) is 0 Å². The lowest BCUT2D eigenvalue weighted by molar-refractivity contribution is -0.299. The molecule has 0 spiro atoms. The van der Waals surface area contributed by atoms with Gasteiger partial charge < -0.3 is 14.6 Å². The maximum Gasteiger partial charge on any atom is 0.0971 e. The molecule has 0 bridgehead atoms. The van der Waals surface area contributed by atoms with Crippen molar-refractivity contribution in [1.29, 1.82) is 0 Å². The quantitative estimate of drug-likeness (QED) is 0.379. The second kappa shape index (κ2) is 3.12. The lowest BCUT2D eigenvalue weighted by atomic mass is 10.3. The third-order valence-corrected chi connectivity index (χ3v) is 1.14. The Morgan fingerprint density at radius 2 is 1.89 bits per heavy atom.